The fraction of sp³-hybridized carbons (Fsp3) is 0.562. The van der Waals surface area contributed by atoms with Crippen LogP contribution < -0.4 is 5.32 Å². The number of halogens is 1. The van der Waals surface area contributed by atoms with Crippen molar-refractivity contribution < 1.29 is 13.9 Å². The molecule has 2 unspecified atom stereocenters. The Morgan fingerprint density at radius 2 is 2.25 bits per heavy atom. The molecule has 0 heterocycles. The molecule has 0 radical (unpaired) electrons. The molecule has 1 N–H and O–H groups in total. The number of amides is 1. The molecule has 2 atom stereocenters. The first-order valence-electron chi connectivity index (χ1n) is 7.34. The summed E-state index contributed by atoms with van der Waals surface area (Å²) in [6.45, 7) is 2.45. The zero-order valence-corrected chi connectivity index (χ0v) is 11.7. The smallest absolute Gasteiger partial charge is 0.249 e. The largest absolute Gasteiger partial charge is 0.368 e. The third kappa shape index (κ3) is 2.85. The first kappa shape index (κ1) is 13.6. The molecule has 0 aliphatic heterocycles. The first-order chi connectivity index (χ1) is 9.65. The molecule has 1 aromatic rings. The van der Waals surface area contributed by atoms with E-state index in [0.29, 0.717) is 18.9 Å². The van der Waals surface area contributed by atoms with Crippen molar-refractivity contribution in [2.45, 2.75) is 44.8 Å². The first-order valence-corrected chi connectivity index (χ1v) is 7.34. The highest BCUT2D eigenvalue weighted by atomic mass is 19.1. The van der Waals surface area contributed by atoms with E-state index in [2.05, 4.69) is 5.32 Å². The minimum atomic E-state index is -0.437. The van der Waals surface area contributed by atoms with Gasteiger partial charge in [-0.25, -0.2) is 4.39 Å². The van der Waals surface area contributed by atoms with Crippen LogP contribution in [0.3, 0.4) is 0 Å². The number of fused-ring (bicyclic) bond motifs is 1. The maximum atomic E-state index is 13.6. The Bertz CT molecular complexity index is 513. The fourth-order valence-electron chi connectivity index (χ4n) is 2.69. The van der Waals surface area contributed by atoms with Crippen LogP contribution in [-0.4, -0.2) is 18.6 Å². The summed E-state index contributed by atoms with van der Waals surface area (Å²) in [5.74, 6) is 0.372. The number of rotatable bonds is 5. The quantitative estimate of drug-likeness (QED) is 0.898. The van der Waals surface area contributed by atoms with E-state index in [1.54, 1.807) is 13.0 Å². The van der Waals surface area contributed by atoms with Crippen molar-refractivity contribution in [3.8, 4) is 0 Å². The highest BCUT2D eigenvalue weighted by molar-refractivity contribution is 5.81. The fourth-order valence-corrected chi connectivity index (χ4v) is 2.69. The number of carbonyl (C=O) groups is 1. The molecule has 1 saturated carbocycles. The highest BCUT2D eigenvalue weighted by Gasteiger charge is 2.28. The van der Waals surface area contributed by atoms with Crippen molar-refractivity contribution in [3.63, 3.8) is 0 Å². The lowest BCUT2D eigenvalue weighted by molar-refractivity contribution is -0.132. The molecule has 2 aliphatic rings. The summed E-state index contributed by atoms with van der Waals surface area (Å²) in [6.07, 6.45) is 3.43. The number of carbonyl (C=O) groups excluding carboxylic acids is 1. The average molecular weight is 277 g/mol. The summed E-state index contributed by atoms with van der Waals surface area (Å²) in [6, 6.07) is 4.99. The molecule has 2 aliphatic carbocycles. The van der Waals surface area contributed by atoms with E-state index >= 15 is 0 Å². The molecule has 20 heavy (non-hydrogen) atoms. The number of ether oxygens (including phenoxy) is 1. The Kier molecular flexibility index (Phi) is 3.74. The lowest BCUT2D eigenvalue weighted by Gasteiger charge is -2.18. The Hall–Kier alpha value is -1.42. The maximum Gasteiger partial charge on any atom is 0.249 e. The van der Waals surface area contributed by atoms with Gasteiger partial charge in [-0.05, 0) is 55.7 Å². The number of hydrogen-bond donors (Lipinski definition) is 1. The highest BCUT2D eigenvalue weighted by Crippen LogP contribution is 2.33. The van der Waals surface area contributed by atoms with Crippen molar-refractivity contribution >= 4 is 5.91 Å². The van der Waals surface area contributed by atoms with E-state index in [-0.39, 0.29) is 17.8 Å². The average Bonchev–Trinajstić information content (AvgIpc) is 3.18. The Balaban J connectivity index is 1.58. The Morgan fingerprint density at radius 1 is 1.45 bits per heavy atom. The van der Waals surface area contributed by atoms with Gasteiger partial charge < -0.3 is 10.1 Å². The van der Waals surface area contributed by atoms with Crippen LogP contribution in [0.1, 0.15) is 43.4 Å². The van der Waals surface area contributed by atoms with Gasteiger partial charge in [0, 0.05) is 0 Å². The predicted octanol–water partition coefficient (Wildman–Crippen LogP) is 2.74. The summed E-state index contributed by atoms with van der Waals surface area (Å²) in [4.78, 5) is 12.1. The summed E-state index contributed by atoms with van der Waals surface area (Å²) in [5.41, 5.74) is 1.65. The van der Waals surface area contributed by atoms with Gasteiger partial charge in [0.05, 0.1) is 12.6 Å². The Labute approximate surface area is 118 Å². The Morgan fingerprint density at radius 3 is 3.00 bits per heavy atom. The standard InChI is InChI=1S/C16H20FNO2/c1-10(20-9-11-5-6-11)16(19)18-15-8-7-12-13(15)3-2-4-14(12)17/h2-4,10-11,15H,5-9H2,1H3,(H,18,19). The molecular formula is C16H20FNO2. The van der Waals surface area contributed by atoms with Crippen LogP contribution in [0.15, 0.2) is 18.2 Å². The van der Waals surface area contributed by atoms with Gasteiger partial charge in [0.1, 0.15) is 11.9 Å². The van der Waals surface area contributed by atoms with Crippen LogP contribution >= 0.6 is 0 Å². The third-order valence-electron chi connectivity index (χ3n) is 4.18. The topological polar surface area (TPSA) is 38.3 Å². The molecule has 3 rings (SSSR count). The van der Waals surface area contributed by atoms with Gasteiger partial charge >= 0.3 is 0 Å². The van der Waals surface area contributed by atoms with E-state index in [1.165, 1.54) is 18.9 Å². The van der Waals surface area contributed by atoms with Gasteiger partial charge in [-0.1, -0.05) is 12.1 Å². The molecule has 0 saturated heterocycles. The summed E-state index contributed by atoms with van der Waals surface area (Å²) in [7, 11) is 0. The van der Waals surface area contributed by atoms with Crippen molar-refractivity contribution in [1.29, 1.82) is 0 Å². The summed E-state index contributed by atoms with van der Waals surface area (Å²) in [5, 5.41) is 2.98. The molecular weight excluding hydrogens is 257 g/mol. The molecule has 1 fully saturated rings. The van der Waals surface area contributed by atoms with Crippen LogP contribution in [0.2, 0.25) is 0 Å². The minimum absolute atomic E-state index is 0.0832. The van der Waals surface area contributed by atoms with E-state index < -0.39 is 6.10 Å². The third-order valence-corrected chi connectivity index (χ3v) is 4.18. The van der Waals surface area contributed by atoms with Gasteiger partial charge in [-0.2, -0.15) is 0 Å². The normalized spacial score (nSPS) is 22.4. The van der Waals surface area contributed by atoms with Crippen molar-refractivity contribution in [2.75, 3.05) is 6.61 Å². The van der Waals surface area contributed by atoms with Gasteiger partial charge in [0.2, 0.25) is 5.91 Å². The lowest BCUT2D eigenvalue weighted by atomic mass is 10.1. The second-order valence-corrected chi connectivity index (χ2v) is 5.83. The van der Waals surface area contributed by atoms with Gasteiger partial charge in [-0.3, -0.25) is 4.79 Å². The van der Waals surface area contributed by atoms with Crippen LogP contribution in [0.25, 0.3) is 0 Å². The van der Waals surface area contributed by atoms with Crippen LogP contribution in [0.4, 0.5) is 4.39 Å². The molecule has 0 aromatic heterocycles. The monoisotopic (exact) mass is 277 g/mol. The molecule has 108 valence electrons. The van der Waals surface area contributed by atoms with Crippen molar-refractivity contribution in [1.82, 2.24) is 5.32 Å². The maximum absolute atomic E-state index is 13.6. The van der Waals surface area contributed by atoms with E-state index in [0.717, 1.165) is 17.5 Å². The minimum Gasteiger partial charge on any atom is -0.368 e. The van der Waals surface area contributed by atoms with Crippen LogP contribution in [0.5, 0.6) is 0 Å². The van der Waals surface area contributed by atoms with Crippen molar-refractivity contribution in [2.24, 2.45) is 5.92 Å². The predicted molar refractivity (Wildman–Crippen MR) is 73.7 cm³/mol. The second-order valence-electron chi connectivity index (χ2n) is 5.83. The van der Waals surface area contributed by atoms with E-state index in [4.69, 9.17) is 4.74 Å². The zero-order chi connectivity index (χ0) is 14.1. The van der Waals surface area contributed by atoms with Gasteiger partial charge in [-0.15, -0.1) is 0 Å². The number of benzene rings is 1. The number of hydrogen-bond acceptors (Lipinski definition) is 2. The molecule has 4 heteroatoms. The second kappa shape index (κ2) is 5.52. The molecule has 1 aromatic carbocycles. The zero-order valence-electron chi connectivity index (χ0n) is 11.7. The molecule has 0 bridgehead atoms. The van der Waals surface area contributed by atoms with Crippen LogP contribution in [-0.2, 0) is 16.0 Å². The SMILES string of the molecule is CC(OCC1CC1)C(=O)NC1CCc2c(F)cccc21. The van der Waals surface area contributed by atoms with Gasteiger partial charge in [0.15, 0.2) is 0 Å². The van der Waals surface area contributed by atoms with Gasteiger partial charge in [0.25, 0.3) is 0 Å². The van der Waals surface area contributed by atoms with E-state index in [1.807, 2.05) is 6.07 Å². The molecule has 1 amide bonds. The summed E-state index contributed by atoms with van der Waals surface area (Å²) >= 11 is 0. The molecule has 0 spiro atoms. The number of nitrogens with one attached hydrogen (secondary N) is 1. The van der Waals surface area contributed by atoms with E-state index in [9.17, 15) is 9.18 Å². The summed E-state index contributed by atoms with van der Waals surface area (Å²) < 4.78 is 19.2. The van der Waals surface area contributed by atoms with Crippen LogP contribution in [0, 0.1) is 11.7 Å². The van der Waals surface area contributed by atoms with Crippen molar-refractivity contribution in [3.05, 3.63) is 35.1 Å². The lowest BCUT2D eigenvalue weighted by Crippen LogP contribution is -2.36. The molecule has 3 nitrogen and oxygen atoms in total.